The van der Waals surface area contributed by atoms with E-state index >= 15 is 0 Å². The minimum absolute atomic E-state index is 0.497. The molecule has 0 atom stereocenters. The van der Waals surface area contributed by atoms with Gasteiger partial charge in [0, 0.05) is 0 Å². The Kier molecular flexibility index (Phi) is 0.887. The highest BCUT2D eigenvalue weighted by atomic mass is 16.3. The second kappa shape index (κ2) is 1.70. The van der Waals surface area contributed by atoms with Crippen molar-refractivity contribution in [1.29, 1.82) is 5.41 Å². The fraction of sp³-hybridized carbons (Fsp3) is 0. The van der Waals surface area contributed by atoms with Gasteiger partial charge in [0.1, 0.15) is 17.3 Å². The first-order chi connectivity index (χ1) is 4.92. The molecule has 0 unspecified atom stereocenters. The number of furan rings is 1. The maximum atomic E-state index is 6.91. The number of hydrogen-bond donors (Lipinski definition) is 2. The molecule has 0 aliphatic rings. The third kappa shape index (κ3) is 0.500. The number of aromatic amines is 1. The fourth-order valence-corrected chi connectivity index (χ4v) is 0.871. The van der Waals surface area contributed by atoms with Crippen molar-refractivity contribution < 1.29 is 4.42 Å². The topological polar surface area (TPSA) is 65.7 Å². The van der Waals surface area contributed by atoms with Crippen molar-refractivity contribution >= 4 is 17.2 Å². The van der Waals surface area contributed by atoms with E-state index in [0.717, 1.165) is 17.2 Å². The number of hydrogen-bond acceptors (Lipinski definition) is 3. The van der Waals surface area contributed by atoms with Crippen LogP contribution >= 0.6 is 0 Å². The van der Waals surface area contributed by atoms with Crippen LogP contribution in [0.15, 0.2) is 17.0 Å². The molecule has 0 spiro atoms. The van der Waals surface area contributed by atoms with Crippen LogP contribution in [-0.2, 0) is 0 Å². The van der Waals surface area contributed by atoms with E-state index in [0.29, 0.717) is 5.76 Å². The predicted molar refractivity (Wildman–Crippen MR) is 36.2 cm³/mol. The van der Waals surface area contributed by atoms with Crippen LogP contribution in [0, 0.1) is 5.41 Å². The van der Waals surface area contributed by atoms with Gasteiger partial charge in [0.05, 0.1) is 12.5 Å². The van der Waals surface area contributed by atoms with Crippen LogP contribution in [0.3, 0.4) is 0 Å². The molecule has 2 aromatic rings. The summed E-state index contributed by atoms with van der Waals surface area (Å²) in [4.78, 5) is 6.82. The van der Waals surface area contributed by atoms with Gasteiger partial charge in [-0.25, -0.2) is 4.98 Å². The van der Waals surface area contributed by atoms with E-state index in [9.17, 15) is 0 Å². The largest absolute Gasteiger partial charge is 0.459 e. The monoisotopic (exact) mass is 135 g/mol. The van der Waals surface area contributed by atoms with Gasteiger partial charge in [0.15, 0.2) is 5.76 Å². The van der Waals surface area contributed by atoms with Gasteiger partial charge in [-0.2, -0.15) is 0 Å². The number of rotatable bonds is 1. The number of fused-ring (bicyclic) bond motifs is 1. The Bertz CT molecular complexity index is 360. The van der Waals surface area contributed by atoms with Crippen molar-refractivity contribution in [2.45, 2.75) is 0 Å². The smallest absolute Gasteiger partial charge is 0.172 e. The predicted octanol–water partition coefficient (Wildman–Crippen LogP) is 1.15. The quantitative estimate of drug-likeness (QED) is 0.576. The molecule has 0 bridgehead atoms. The second-order valence-corrected chi connectivity index (χ2v) is 1.91. The lowest BCUT2D eigenvalue weighted by Gasteiger charge is -1.76. The van der Waals surface area contributed by atoms with E-state index in [1.165, 1.54) is 0 Å². The summed E-state index contributed by atoms with van der Waals surface area (Å²) < 4.78 is 4.97. The number of H-pyrrole nitrogens is 1. The van der Waals surface area contributed by atoms with Crippen molar-refractivity contribution in [3.63, 3.8) is 0 Å². The Labute approximate surface area is 56.4 Å². The van der Waals surface area contributed by atoms with Crippen LogP contribution in [0.4, 0.5) is 0 Å². The van der Waals surface area contributed by atoms with Gasteiger partial charge < -0.3 is 14.8 Å². The molecule has 2 aromatic heterocycles. The molecule has 0 aliphatic carbocycles. The lowest BCUT2D eigenvalue weighted by atomic mass is 10.4. The van der Waals surface area contributed by atoms with Crippen LogP contribution in [0.1, 0.15) is 5.76 Å². The van der Waals surface area contributed by atoms with Crippen LogP contribution in [0.25, 0.3) is 11.0 Å². The Morgan fingerprint density at radius 2 is 2.60 bits per heavy atom. The molecule has 0 saturated heterocycles. The molecular weight excluding hydrogens is 130 g/mol. The third-order valence-corrected chi connectivity index (χ3v) is 1.34. The molecule has 4 nitrogen and oxygen atoms in total. The maximum absolute atomic E-state index is 6.91. The highest BCUT2D eigenvalue weighted by Crippen LogP contribution is 2.13. The number of nitrogens with one attached hydrogen (secondary N) is 2. The van der Waals surface area contributed by atoms with Gasteiger partial charge in [0.25, 0.3) is 0 Å². The van der Waals surface area contributed by atoms with Gasteiger partial charge in [-0.05, 0) is 0 Å². The second-order valence-electron chi connectivity index (χ2n) is 1.91. The number of aromatic nitrogens is 2. The SMILES string of the molecule is N=Cc1occ2[nH]cnc12. The molecule has 10 heavy (non-hydrogen) atoms. The maximum Gasteiger partial charge on any atom is 0.172 e. The summed E-state index contributed by atoms with van der Waals surface area (Å²) in [5.41, 5.74) is 1.55. The van der Waals surface area contributed by atoms with Crippen molar-refractivity contribution in [3.8, 4) is 0 Å². The zero-order valence-corrected chi connectivity index (χ0v) is 5.09. The van der Waals surface area contributed by atoms with Crippen molar-refractivity contribution in [2.75, 3.05) is 0 Å². The summed E-state index contributed by atoms with van der Waals surface area (Å²) >= 11 is 0. The van der Waals surface area contributed by atoms with Gasteiger partial charge >= 0.3 is 0 Å². The lowest BCUT2D eigenvalue weighted by Crippen LogP contribution is -1.72. The van der Waals surface area contributed by atoms with E-state index < -0.39 is 0 Å². The molecule has 2 rings (SSSR count). The molecular formula is C6H5N3O. The van der Waals surface area contributed by atoms with E-state index in [-0.39, 0.29) is 0 Å². The molecule has 0 fully saturated rings. The zero-order valence-electron chi connectivity index (χ0n) is 5.09. The molecule has 0 aromatic carbocycles. The number of nitrogens with zero attached hydrogens (tertiary/aromatic N) is 1. The Morgan fingerprint density at radius 3 is 3.40 bits per heavy atom. The van der Waals surface area contributed by atoms with Crippen LogP contribution < -0.4 is 0 Å². The van der Waals surface area contributed by atoms with Crippen molar-refractivity contribution in [2.24, 2.45) is 0 Å². The van der Waals surface area contributed by atoms with Gasteiger partial charge in [0.2, 0.25) is 0 Å². The first kappa shape index (κ1) is 5.22. The molecule has 0 amide bonds. The normalized spacial score (nSPS) is 10.4. The average molecular weight is 135 g/mol. The highest BCUT2D eigenvalue weighted by Gasteiger charge is 2.03. The third-order valence-electron chi connectivity index (χ3n) is 1.34. The fourth-order valence-electron chi connectivity index (χ4n) is 0.871. The van der Waals surface area contributed by atoms with E-state index in [4.69, 9.17) is 9.83 Å². The molecule has 4 heteroatoms. The van der Waals surface area contributed by atoms with Gasteiger partial charge in [-0.15, -0.1) is 0 Å². The molecule has 2 N–H and O–H groups in total. The first-order valence-electron chi connectivity index (χ1n) is 2.83. The van der Waals surface area contributed by atoms with E-state index in [1.54, 1.807) is 12.6 Å². The van der Waals surface area contributed by atoms with Crippen LogP contribution in [-0.4, -0.2) is 16.2 Å². The standard InChI is InChI=1S/C6H5N3O/c7-1-5-6-4(2-10-5)8-3-9-6/h1-3,7H,(H,8,9). The molecule has 0 aliphatic heterocycles. The molecule has 0 radical (unpaired) electrons. The summed E-state index contributed by atoms with van der Waals surface area (Å²) in [6.07, 6.45) is 4.26. The van der Waals surface area contributed by atoms with Crippen LogP contribution in [0.2, 0.25) is 0 Å². The molecule has 50 valence electrons. The van der Waals surface area contributed by atoms with Crippen LogP contribution in [0.5, 0.6) is 0 Å². The first-order valence-corrected chi connectivity index (χ1v) is 2.83. The zero-order chi connectivity index (χ0) is 6.97. The summed E-state index contributed by atoms with van der Waals surface area (Å²) in [6, 6.07) is 0. The summed E-state index contributed by atoms with van der Waals surface area (Å²) in [5, 5.41) is 6.91. The minimum atomic E-state index is 0.497. The Hall–Kier alpha value is -1.58. The lowest BCUT2D eigenvalue weighted by molar-refractivity contribution is 0.563. The molecule has 2 heterocycles. The summed E-state index contributed by atoms with van der Waals surface area (Å²) in [7, 11) is 0. The number of imidazole rings is 1. The average Bonchev–Trinajstić information content (AvgIpc) is 2.44. The van der Waals surface area contributed by atoms with Crippen molar-refractivity contribution in [3.05, 3.63) is 18.4 Å². The Balaban J connectivity index is 2.88. The Morgan fingerprint density at radius 1 is 1.70 bits per heavy atom. The summed E-state index contributed by atoms with van der Waals surface area (Å²) in [5.74, 6) is 0.497. The molecule has 0 saturated carbocycles. The van der Waals surface area contributed by atoms with E-state index in [2.05, 4.69) is 9.97 Å². The van der Waals surface area contributed by atoms with Crippen molar-refractivity contribution in [1.82, 2.24) is 9.97 Å². The minimum Gasteiger partial charge on any atom is -0.459 e. The summed E-state index contributed by atoms with van der Waals surface area (Å²) in [6.45, 7) is 0. The van der Waals surface area contributed by atoms with Gasteiger partial charge in [-0.3, -0.25) is 0 Å². The highest BCUT2D eigenvalue weighted by molar-refractivity contribution is 5.92. The van der Waals surface area contributed by atoms with Gasteiger partial charge in [-0.1, -0.05) is 0 Å². The van der Waals surface area contributed by atoms with E-state index in [1.807, 2.05) is 0 Å².